The summed E-state index contributed by atoms with van der Waals surface area (Å²) in [6.07, 6.45) is 2.97. The topological polar surface area (TPSA) is 41.9 Å². The van der Waals surface area contributed by atoms with Crippen molar-refractivity contribution in [2.45, 2.75) is 83.3 Å². The SMILES string of the molecule is CCC1(C)CC2(CC(C)(CC)N1O)Oc1ccccc1C(C)O2. The summed E-state index contributed by atoms with van der Waals surface area (Å²) in [7, 11) is 0. The van der Waals surface area contributed by atoms with Gasteiger partial charge in [-0.2, -0.15) is 5.06 Å². The Labute approximate surface area is 139 Å². The van der Waals surface area contributed by atoms with Crippen LogP contribution in [0, 0.1) is 0 Å². The van der Waals surface area contributed by atoms with Gasteiger partial charge in [0.15, 0.2) is 0 Å². The summed E-state index contributed by atoms with van der Waals surface area (Å²) in [6.45, 7) is 10.5. The molecule has 3 unspecified atom stereocenters. The van der Waals surface area contributed by atoms with Gasteiger partial charge in [-0.05, 0) is 39.7 Å². The van der Waals surface area contributed by atoms with Crippen LogP contribution < -0.4 is 4.74 Å². The number of rotatable bonds is 2. The van der Waals surface area contributed by atoms with Crippen molar-refractivity contribution in [1.29, 1.82) is 0 Å². The highest BCUT2D eigenvalue weighted by Crippen LogP contribution is 2.52. The van der Waals surface area contributed by atoms with E-state index in [1.807, 2.05) is 18.2 Å². The van der Waals surface area contributed by atoms with E-state index in [-0.39, 0.29) is 17.2 Å². The fourth-order valence-electron chi connectivity index (χ4n) is 4.25. The minimum atomic E-state index is -0.678. The highest BCUT2D eigenvalue weighted by atomic mass is 16.7. The number of piperidine rings is 1. The van der Waals surface area contributed by atoms with E-state index in [9.17, 15) is 5.21 Å². The van der Waals surface area contributed by atoms with Crippen LogP contribution in [0.5, 0.6) is 5.75 Å². The van der Waals surface area contributed by atoms with Crippen LogP contribution in [0.15, 0.2) is 24.3 Å². The molecule has 0 saturated carbocycles. The molecule has 4 nitrogen and oxygen atoms in total. The van der Waals surface area contributed by atoms with E-state index in [0.29, 0.717) is 12.8 Å². The van der Waals surface area contributed by atoms with Crippen LogP contribution in [0.4, 0.5) is 0 Å². The van der Waals surface area contributed by atoms with Gasteiger partial charge >= 0.3 is 0 Å². The van der Waals surface area contributed by atoms with Crippen molar-refractivity contribution in [3.05, 3.63) is 29.8 Å². The molecule has 128 valence electrons. The number of hydrogen-bond acceptors (Lipinski definition) is 4. The van der Waals surface area contributed by atoms with Crippen LogP contribution >= 0.6 is 0 Å². The largest absolute Gasteiger partial charge is 0.462 e. The summed E-state index contributed by atoms with van der Waals surface area (Å²) in [5.41, 5.74) is 0.366. The summed E-state index contributed by atoms with van der Waals surface area (Å²) in [5.74, 6) is 0.234. The second-order valence-electron chi connectivity index (χ2n) is 7.68. The second kappa shape index (κ2) is 5.47. The summed E-state index contributed by atoms with van der Waals surface area (Å²) in [5, 5.41) is 12.4. The highest BCUT2D eigenvalue weighted by Gasteiger charge is 2.58. The molecule has 0 aliphatic carbocycles. The molecule has 2 aliphatic rings. The first kappa shape index (κ1) is 16.7. The summed E-state index contributed by atoms with van der Waals surface area (Å²) < 4.78 is 12.8. The van der Waals surface area contributed by atoms with Crippen LogP contribution in [0.1, 0.15) is 72.0 Å². The molecule has 1 spiro atoms. The Morgan fingerprint density at radius 2 is 1.70 bits per heavy atom. The van der Waals surface area contributed by atoms with Gasteiger partial charge in [-0.25, -0.2) is 0 Å². The molecule has 0 amide bonds. The second-order valence-corrected chi connectivity index (χ2v) is 7.68. The van der Waals surface area contributed by atoms with Gasteiger partial charge in [0.1, 0.15) is 5.75 Å². The van der Waals surface area contributed by atoms with Crippen LogP contribution in [0.2, 0.25) is 0 Å². The van der Waals surface area contributed by atoms with Crippen LogP contribution in [-0.2, 0) is 4.74 Å². The Kier molecular flexibility index (Phi) is 3.98. The Hall–Kier alpha value is -1.10. The Morgan fingerprint density at radius 1 is 1.13 bits per heavy atom. The molecule has 1 N–H and O–H groups in total. The molecule has 3 atom stereocenters. The quantitative estimate of drug-likeness (QED) is 0.859. The minimum absolute atomic E-state index is 0.00703. The lowest BCUT2D eigenvalue weighted by Crippen LogP contribution is -2.68. The number of hydroxylamine groups is 2. The van der Waals surface area contributed by atoms with E-state index in [1.54, 1.807) is 5.06 Å². The van der Waals surface area contributed by atoms with Crippen molar-refractivity contribution >= 4 is 0 Å². The number of nitrogens with zero attached hydrogens (tertiary/aromatic N) is 1. The summed E-state index contributed by atoms with van der Waals surface area (Å²) in [6, 6.07) is 8.10. The van der Waals surface area contributed by atoms with Crippen molar-refractivity contribution in [1.82, 2.24) is 5.06 Å². The molecule has 2 heterocycles. The fraction of sp³-hybridized carbons (Fsp3) is 0.684. The maximum atomic E-state index is 10.8. The minimum Gasteiger partial charge on any atom is -0.462 e. The van der Waals surface area contributed by atoms with Crippen molar-refractivity contribution in [2.24, 2.45) is 0 Å². The van der Waals surface area contributed by atoms with Gasteiger partial charge in [0.25, 0.3) is 0 Å². The summed E-state index contributed by atoms with van der Waals surface area (Å²) >= 11 is 0. The molecular formula is C19H29NO3. The van der Waals surface area contributed by atoms with E-state index in [2.05, 4.69) is 40.7 Å². The number of para-hydroxylation sites is 1. The van der Waals surface area contributed by atoms with Crippen LogP contribution in [0.25, 0.3) is 0 Å². The Bertz CT molecular complexity index is 570. The average Bonchev–Trinajstić information content (AvgIpc) is 2.52. The molecule has 2 aliphatic heterocycles. The highest BCUT2D eigenvalue weighted by molar-refractivity contribution is 5.37. The molecule has 23 heavy (non-hydrogen) atoms. The third kappa shape index (κ3) is 2.57. The van der Waals surface area contributed by atoms with Gasteiger partial charge in [0, 0.05) is 29.5 Å². The molecular weight excluding hydrogens is 290 g/mol. The lowest BCUT2D eigenvalue weighted by Gasteiger charge is -2.58. The molecule has 4 heteroatoms. The number of benzene rings is 1. The number of hydrogen-bond donors (Lipinski definition) is 1. The normalized spacial score (nSPS) is 40.7. The first-order chi connectivity index (χ1) is 10.8. The maximum absolute atomic E-state index is 10.8. The van der Waals surface area contributed by atoms with Crippen molar-refractivity contribution < 1.29 is 14.7 Å². The van der Waals surface area contributed by atoms with Crippen molar-refractivity contribution in [3.63, 3.8) is 0 Å². The Morgan fingerprint density at radius 3 is 2.26 bits per heavy atom. The predicted molar refractivity (Wildman–Crippen MR) is 89.6 cm³/mol. The van der Waals surface area contributed by atoms with Gasteiger partial charge in [0.05, 0.1) is 6.10 Å². The van der Waals surface area contributed by atoms with Crippen molar-refractivity contribution in [3.8, 4) is 5.75 Å². The molecule has 3 rings (SSSR count). The van der Waals surface area contributed by atoms with Crippen LogP contribution in [-0.4, -0.2) is 27.1 Å². The van der Waals surface area contributed by atoms with E-state index >= 15 is 0 Å². The van der Waals surface area contributed by atoms with E-state index in [0.717, 1.165) is 24.2 Å². The first-order valence-corrected chi connectivity index (χ1v) is 8.72. The molecule has 1 aromatic carbocycles. The predicted octanol–water partition coefficient (Wildman–Crippen LogP) is 4.68. The lowest BCUT2D eigenvalue weighted by atomic mass is 9.73. The zero-order valence-electron chi connectivity index (χ0n) is 14.9. The molecule has 0 aromatic heterocycles. The average molecular weight is 319 g/mol. The fourth-order valence-corrected chi connectivity index (χ4v) is 4.25. The number of fused-ring (bicyclic) bond motifs is 1. The molecule has 1 aromatic rings. The summed E-state index contributed by atoms with van der Waals surface area (Å²) in [4.78, 5) is 0. The molecule has 1 saturated heterocycles. The molecule has 0 bridgehead atoms. The van der Waals surface area contributed by atoms with Gasteiger partial charge in [-0.3, -0.25) is 0 Å². The third-order valence-corrected chi connectivity index (χ3v) is 5.89. The smallest absolute Gasteiger partial charge is 0.214 e. The Balaban J connectivity index is 2.02. The lowest BCUT2D eigenvalue weighted by molar-refractivity contribution is -0.343. The first-order valence-electron chi connectivity index (χ1n) is 8.72. The van der Waals surface area contributed by atoms with Crippen LogP contribution in [0.3, 0.4) is 0 Å². The van der Waals surface area contributed by atoms with E-state index in [1.165, 1.54) is 0 Å². The monoisotopic (exact) mass is 319 g/mol. The standard InChI is InChI=1S/C19H29NO3/c1-6-17(4)12-19(13-18(5,7-2)20(17)21)22-14(3)15-10-8-9-11-16(15)23-19/h8-11,14,21H,6-7,12-13H2,1-5H3. The van der Waals surface area contributed by atoms with Gasteiger partial charge in [-0.15, -0.1) is 0 Å². The number of ether oxygens (including phenoxy) is 2. The maximum Gasteiger partial charge on any atom is 0.214 e. The third-order valence-electron chi connectivity index (χ3n) is 5.89. The van der Waals surface area contributed by atoms with E-state index < -0.39 is 5.79 Å². The van der Waals surface area contributed by atoms with Gasteiger partial charge in [0.2, 0.25) is 5.79 Å². The molecule has 0 radical (unpaired) electrons. The van der Waals surface area contributed by atoms with Gasteiger partial charge in [-0.1, -0.05) is 32.0 Å². The van der Waals surface area contributed by atoms with Crippen molar-refractivity contribution in [2.75, 3.05) is 0 Å². The zero-order valence-corrected chi connectivity index (χ0v) is 14.9. The van der Waals surface area contributed by atoms with Gasteiger partial charge < -0.3 is 14.7 Å². The zero-order chi connectivity index (χ0) is 16.9. The molecule has 1 fully saturated rings. The van der Waals surface area contributed by atoms with E-state index in [4.69, 9.17) is 9.47 Å².